The van der Waals surface area contributed by atoms with E-state index in [0.29, 0.717) is 18.7 Å². The van der Waals surface area contributed by atoms with Crippen molar-refractivity contribution in [1.29, 1.82) is 0 Å². The van der Waals surface area contributed by atoms with Crippen LogP contribution in [-0.4, -0.2) is 42.0 Å². The Morgan fingerprint density at radius 2 is 1.50 bits per heavy atom. The third-order valence-electron chi connectivity index (χ3n) is 5.09. The molecule has 0 aliphatic carbocycles. The van der Waals surface area contributed by atoms with Crippen molar-refractivity contribution >= 4 is 11.8 Å². The minimum absolute atomic E-state index is 0.138. The second kappa shape index (κ2) is 11.6. The molecule has 6 heteroatoms. The summed E-state index contributed by atoms with van der Waals surface area (Å²) in [4.78, 5) is 27.8. The summed E-state index contributed by atoms with van der Waals surface area (Å²) in [5.41, 5.74) is 1.72. The molecule has 32 heavy (non-hydrogen) atoms. The van der Waals surface area contributed by atoms with Gasteiger partial charge in [0.1, 0.15) is 17.5 Å². The van der Waals surface area contributed by atoms with Crippen LogP contribution in [0.15, 0.2) is 48.5 Å². The van der Waals surface area contributed by atoms with E-state index < -0.39 is 11.6 Å². The first-order valence-electron chi connectivity index (χ1n) is 11.1. The number of ether oxygens (including phenoxy) is 2. The first kappa shape index (κ1) is 25.2. The van der Waals surface area contributed by atoms with Crippen LogP contribution in [0.1, 0.15) is 52.2 Å². The first-order valence-corrected chi connectivity index (χ1v) is 11.1. The zero-order valence-corrected chi connectivity index (χ0v) is 20.1. The third-order valence-corrected chi connectivity index (χ3v) is 5.09. The van der Waals surface area contributed by atoms with Crippen molar-refractivity contribution in [3.8, 4) is 11.5 Å². The Labute approximate surface area is 191 Å². The largest absolute Gasteiger partial charge is 0.497 e. The molecule has 2 rings (SSSR count). The number of carbonyl (C=O) groups is 2. The number of nitrogens with one attached hydrogen (secondary N) is 1. The van der Waals surface area contributed by atoms with E-state index in [1.807, 2.05) is 76.2 Å². The second-order valence-corrected chi connectivity index (χ2v) is 8.82. The van der Waals surface area contributed by atoms with E-state index in [2.05, 4.69) is 12.2 Å². The van der Waals surface area contributed by atoms with Crippen molar-refractivity contribution < 1.29 is 19.1 Å². The summed E-state index contributed by atoms with van der Waals surface area (Å²) in [5.74, 6) is 0.959. The molecule has 2 amide bonds. The summed E-state index contributed by atoms with van der Waals surface area (Å²) in [5, 5.41) is 3.00. The number of amides is 2. The second-order valence-electron chi connectivity index (χ2n) is 8.82. The molecule has 6 nitrogen and oxygen atoms in total. The number of hydrogen-bond acceptors (Lipinski definition) is 4. The topological polar surface area (TPSA) is 67.9 Å². The molecule has 0 radical (unpaired) electrons. The molecule has 2 aromatic carbocycles. The van der Waals surface area contributed by atoms with Crippen LogP contribution >= 0.6 is 0 Å². The van der Waals surface area contributed by atoms with E-state index in [1.165, 1.54) is 5.56 Å². The molecule has 1 N–H and O–H groups in total. The highest BCUT2D eigenvalue weighted by Gasteiger charge is 2.30. The van der Waals surface area contributed by atoms with Crippen molar-refractivity contribution in [1.82, 2.24) is 10.2 Å². The van der Waals surface area contributed by atoms with Gasteiger partial charge in [-0.2, -0.15) is 0 Å². The summed E-state index contributed by atoms with van der Waals surface area (Å²) in [6.07, 6.45) is 1.44. The van der Waals surface area contributed by atoms with Crippen molar-refractivity contribution in [2.75, 3.05) is 13.7 Å². The lowest BCUT2D eigenvalue weighted by Gasteiger charge is -2.33. The van der Waals surface area contributed by atoms with Crippen molar-refractivity contribution in [2.45, 2.75) is 65.6 Å². The fourth-order valence-corrected chi connectivity index (χ4v) is 3.35. The number of nitrogens with zero attached hydrogens (tertiary/aromatic N) is 1. The molecule has 174 valence electrons. The molecule has 2 aromatic rings. The van der Waals surface area contributed by atoms with E-state index in [1.54, 1.807) is 12.0 Å². The van der Waals surface area contributed by atoms with Crippen LogP contribution in [0.4, 0.5) is 0 Å². The number of rotatable bonds is 10. The SMILES string of the molecule is CCc1ccc(OCC(=O)N(Cc2ccc(OC)cc2)[C@H](CC)C(=O)NC(C)(C)C)cc1. The van der Waals surface area contributed by atoms with Crippen LogP contribution in [0.3, 0.4) is 0 Å². The summed E-state index contributed by atoms with van der Waals surface area (Å²) in [6, 6.07) is 14.6. The fourth-order valence-electron chi connectivity index (χ4n) is 3.35. The van der Waals surface area contributed by atoms with Gasteiger partial charge in [0.2, 0.25) is 5.91 Å². The van der Waals surface area contributed by atoms with E-state index in [4.69, 9.17) is 9.47 Å². The van der Waals surface area contributed by atoms with Gasteiger partial charge in [0, 0.05) is 12.1 Å². The highest BCUT2D eigenvalue weighted by atomic mass is 16.5. The Morgan fingerprint density at radius 3 is 2.00 bits per heavy atom. The van der Waals surface area contributed by atoms with Gasteiger partial charge in [-0.15, -0.1) is 0 Å². The van der Waals surface area contributed by atoms with E-state index in [-0.39, 0.29) is 18.4 Å². The van der Waals surface area contributed by atoms with Crippen molar-refractivity contribution in [3.63, 3.8) is 0 Å². The summed E-state index contributed by atoms with van der Waals surface area (Å²) < 4.78 is 11.0. The van der Waals surface area contributed by atoms with E-state index >= 15 is 0 Å². The number of carbonyl (C=O) groups excluding carboxylic acids is 2. The van der Waals surface area contributed by atoms with Gasteiger partial charge in [0.05, 0.1) is 7.11 Å². The monoisotopic (exact) mass is 440 g/mol. The van der Waals surface area contributed by atoms with E-state index in [0.717, 1.165) is 17.7 Å². The van der Waals surface area contributed by atoms with Crippen LogP contribution in [-0.2, 0) is 22.6 Å². The normalized spacial score (nSPS) is 12.1. The molecule has 1 atom stereocenters. The van der Waals surface area contributed by atoms with Gasteiger partial charge in [0.25, 0.3) is 5.91 Å². The molecule has 0 aromatic heterocycles. The molecule has 0 bridgehead atoms. The minimum atomic E-state index is -0.602. The molecule has 0 saturated carbocycles. The van der Waals surface area contributed by atoms with Gasteiger partial charge in [0.15, 0.2) is 6.61 Å². The zero-order chi connectivity index (χ0) is 23.7. The molecule has 0 aliphatic heterocycles. The standard InChI is InChI=1S/C26H36N2O4/c1-7-19-9-15-22(16-10-19)32-18-24(29)28(17-20-11-13-21(31-6)14-12-20)23(8-2)25(30)27-26(3,4)5/h9-16,23H,7-8,17-18H2,1-6H3,(H,27,30)/t23-/m1/s1. The van der Waals surface area contributed by atoms with Gasteiger partial charge in [-0.1, -0.05) is 38.1 Å². The molecule has 0 aliphatic rings. The highest BCUT2D eigenvalue weighted by Crippen LogP contribution is 2.18. The average Bonchev–Trinajstić information content (AvgIpc) is 2.77. The lowest BCUT2D eigenvalue weighted by atomic mass is 10.1. The predicted molar refractivity (Wildman–Crippen MR) is 127 cm³/mol. The number of benzene rings is 2. The summed E-state index contributed by atoms with van der Waals surface area (Å²) in [7, 11) is 1.61. The molecule has 0 unspecified atom stereocenters. The maximum absolute atomic E-state index is 13.2. The highest BCUT2D eigenvalue weighted by molar-refractivity contribution is 5.88. The molecule has 0 heterocycles. The maximum atomic E-state index is 13.2. The number of aryl methyl sites for hydroxylation is 1. The fraction of sp³-hybridized carbons (Fsp3) is 0.462. The van der Waals surface area contributed by atoms with Crippen LogP contribution in [0.25, 0.3) is 0 Å². The van der Waals surface area contributed by atoms with Crippen LogP contribution in [0, 0.1) is 0 Å². The summed E-state index contributed by atoms with van der Waals surface area (Å²) in [6.45, 7) is 9.94. The Balaban J connectivity index is 2.21. The lowest BCUT2D eigenvalue weighted by Crippen LogP contribution is -2.54. The van der Waals surface area contributed by atoms with Gasteiger partial charge < -0.3 is 19.7 Å². The predicted octanol–water partition coefficient (Wildman–Crippen LogP) is 4.36. The Kier molecular flexibility index (Phi) is 9.12. The van der Waals surface area contributed by atoms with Crippen LogP contribution < -0.4 is 14.8 Å². The van der Waals surface area contributed by atoms with Gasteiger partial charge >= 0.3 is 0 Å². The lowest BCUT2D eigenvalue weighted by molar-refractivity contribution is -0.143. The van der Waals surface area contributed by atoms with Crippen LogP contribution in [0.2, 0.25) is 0 Å². The average molecular weight is 441 g/mol. The Hall–Kier alpha value is -3.02. The summed E-state index contributed by atoms with van der Waals surface area (Å²) >= 11 is 0. The first-order chi connectivity index (χ1) is 15.2. The maximum Gasteiger partial charge on any atom is 0.261 e. The van der Waals surface area contributed by atoms with Crippen LogP contribution in [0.5, 0.6) is 11.5 Å². The third kappa shape index (κ3) is 7.59. The van der Waals surface area contributed by atoms with Crippen molar-refractivity contribution in [3.05, 3.63) is 59.7 Å². The minimum Gasteiger partial charge on any atom is -0.497 e. The molecule has 0 saturated heterocycles. The Morgan fingerprint density at radius 1 is 0.938 bits per heavy atom. The molecular formula is C26H36N2O4. The smallest absolute Gasteiger partial charge is 0.261 e. The molecule has 0 spiro atoms. The quantitative estimate of drug-likeness (QED) is 0.596. The zero-order valence-electron chi connectivity index (χ0n) is 20.1. The van der Waals surface area contributed by atoms with Crippen molar-refractivity contribution in [2.24, 2.45) is 0 Å². The molecule has 0 fully saturated rings. The number of methoxy groups -OCH3 is 1. The Bertz CT molecular complexity index is 870. The molecular weight excluding hydrogens is 404 g/mol. The number of hydrogen-bond donors (Lipinski definition) is 1. The van der Waals surface area contributed by atoms with Gasteiger partial charge in [-0.25, -0.2) is 0 Å². The van der Waals surface area contributed by atoms with E-state index in [9.17, 15) is 9.59 Å². The van der Waals surface area contributed by atoms with Gasteiger partial charge in [-0.05, 0) is 69.0 Å². The van der Waals surface area contributed by atoms with Gasteiger partial charge in [-0.3, -0.25) is 9.59 Å².